The zero-order chi connectivity index (χ0) is 8.97. The fourth-order valence-electron chi connectivity index (χ4n) is 0.942. The van der Waals surface area contributed by atoms with Crippen molar-refractivity contribution in [3.05, 3.63) is 29.6 Å². The monoisotopic (exact) mass is 164 g/mol. The summed E-state index contributed by atoms with van der Waals surface area (Å²) in [4.78, 5) is 8.71. The Bertz CT molecular complexity index is 294. The zero-order valence-electron chi connectivity index (χ0n) is 7.53. The minimum atomic E-state index is 0.841. The highest BCUT2D eigenvalue weighted by Gasteiger charge is 1.97. The maximum absolute atomic E-state index is 4.66. The standard InChI is InChI=1S/C9H12N2O/c1-7-4-9(6-10-5-7)8(2)11-12-3/h4-6H,1-3H3/b11-8-. The Morgan fingerprint density at radius 1 is 1.50 bits per heavy atom. The first-order valence-corrected chi connectivity index (χ1v) is 3.74. The summed E-state index contributed by atoms with van der Waals surface area (Å²) in [5.41, 5.74) is 2.96. The summed E-state index contributed by atoms with van der Waals surface area (Å²) < 4.78 is 0. The van der Waals surface area contributed by atoms with Crippen molar-refractivity contribution in [3.8, 4) is 0 Å². The van der Waals surface area contributed by atoms with Crippen LogP contribution in [0, 0.1) is 6.92 Å². The lowest BCUT2D eigenvalue weighted by atomic mass is 10.1. The molecule has 1 aromatic rings. The highest BCUT2D eigenvalue weighted by atomic mass is 16.6. The predicted molar refractivity (Wildman–Crippen MR) is 48.2 cm³/mol. The SMILES string of the molecule is CO/N=C(/C)c1cncc(C)c1. The summed E-state index contributed by atoms with van der Waals surface area (Å²) in [6.45, 7) is 3.89. The van der Waals surface area contributed by atoms with Crippen LogP contribution in [0.5, 0.6) is 0 Å². The summed E-state index contributed by atoms with van der Waals surface area (Å²) in [5, 5.41) is 3.81. The maximum Gasteiger partial charge on any atom is 0.106 e. The molecule has 0 spiro atoms. The molecule has 1 aromatic heterocycles. The minimum Gasteiger partial charge on any atom is -0.399 e. The van der Waals surface area contributed by atoms with Gasteiger partial charge in [0.1, 0.15) is 7.11 Å². The van der Waals surface area contributed by atoms with E-state index in [4.69, 9.17) is 0 Å². The molecule has 12 heavy (non-hydrogen) atoms. The Morgan fingerprint density at radius 3 is 2.83 bits per heavy atom. The van der Waals surface area contributed by atoms with Gasteiger partial charge >= 0.3 is 0 Å². The number of nitrogens with zero attached hydrogens (tertiary/aromatic N) is 2. The number of pyridine rings is 1. The van der Waals surface area contributed by atoms with Crippen LogP contribution in [0.2, 0.25) is 0 Å². The fourth-order valence-corrected chi connectivity index (χ4v) is 0.942. The molecule has 64 valence electrons. The quantitative estimate of drug-likeness (QED) is 0.493. The predicted octanol–water partition coefficient (Wildman–Crippen LogP) is 1.76. The van der Waals surface area contributed by atoms with E-state index in [0.29, 0.717) is 0 Å². The van der Waals surface area contributed by atoms with Gasteiger partial charge in [0.15, 0.2) is 0 Å². The van der Waals surface area contributed by atoms with Gasteiger partial charge in [0, 0.05) is 18.0 Å². The van der Waals surface area contributed by atoms with E-state index in [0.717, 1.165) is 16.8 Å². The highest BCUT2D eigenvalue weighted by Crippen LogP contribution is 2.02. The van der Waals surface area contributed by atoms with Gasteiger partial charge in [-0.05, 0) is 25.5 Å². The average Bonchev–Trinajstić information content (AvgIpc) is 2.05. The number of rotatable bonds is 2. The van der Waals surface area contributed by atoms with Crippen LogP contribution in [0.3, 0.4) is 0 Å². The molecule has 0 radical (unpaired) electrons. The van der Waals surface area contributed by atoms with E-state index in [1.165, 1.54) is 7.11 Å². The Labute approximate surface area is 72.1 Å². The van der Waals surface area contributed by atoms with Gasteiger partial charge in [0.25, 0.3) is 0 Å². The molecular formula is C9H12N2O. The van der Waals surface area contributed by atoms with Gasteiger partial charge in [0.2, 0.25) is 0 Å². The molecule has 0 atom stereocenters. The van der Waals surface area contributed by atoms with Crippen LogP contribution < -0.4 is 0 Å². The molecule has 1 heterocycles. The van der Waals surface area contributed by atoms with Gasteiger partial charge in [-0.15, -0.1) is 0 Å². The van der Waals surface area contributed by atoms with E-state index < -0.39 is 0 Å². The van der Waals surface area contributed by atoms with Crippen LogP contribution in [0.1, 0.15) is 18.1 Å². The van der Waals surface area contributed by atoms with Crippen molar-refractivity contribution in [1.82, 2.24) is 4.98 Å². The Balaban J connectivity index is 2.95. The molecule has 0 amide bonds. The lowest BCUT2D eigenvalue weighted by Gasteiger charge is -1.99. The van der Waals surface area contributed by atoms with Gasteiger partial charge in [-0.1, -0.05) is 5.16 Å². The fraction of sp³-hybridized carbons (Fsp3) is 0.333. The van der Waals surface area contributed by atoms with E-state index >= 15 is 0 Å². The minimum absolute atomic E-state index is 0.841. The van der Waals surface area contributed by atoms with E-state index in [1.807, 2.05) is 26.1 Å². The van der Waals surface area contributed by atoms with Crippen molar-refractivity contribution in [3.63, 3.8) is 0 Å². The van der Waals surface area contributed by atoms with Crippen LogP contribution in [-0.4, -0.2) is 17.8 Å². The Morgan fingerprint density at radius 2 is 2.25 bits per heavy atom. The second-order valence-corrected chi connectivity index (χ2v) is 2.61. The van der Waals surface area contributed by atoms with Crippen molar-refractivity contribution in [2.24, 2.45) is 5.16 Å². The van der Waals surface area contributed by atoms with Crippen LogP contribution in [0.25, 0.3) is 0 Å². The summed E-state index contributed by atoms with van der Waals surface area (Å²) >= 11 is 0. The number of aryl methyl sites for hydroxylation is 1. The van der Waals surface area contributed by atoms with Crippen molar-refractivity contribution in [2.45, 2.75) is 13.8 Å². The first-order valence-electron chi connectivity index (χ1n) is 3.74. The Kier molecular flexibility index (Phi) is 2.80. The third-order valence-electron chi connectivity index (χ3n) is 1.52. The molecule has 0 saturated heterocycles. The summed E-state index contributed by atoms with van der Waals surface area (Å²) in [6, 6.07) is 2.02. The normalized spacial score (nSPS) is 11.4. The van der Waals surface area contributed by atoms with Crippen LogP contribution >= 0.6 is 0 Å². The molecule has 1 rings (SSSR count). The lowest BCUT2D eigenvalue weighted by molar-refractivity contribution is 0.213. The molecule has 0 aliphatic heterocycles. The molecule has 0 unspecified atom stereocenters. The van der Waals surface area contributed by atoms with Gasteiger partial charge in [-0.3, -0.25) is 4.98 Å². The second-order valence-electron chi connectivity index (χ2n) is 2.61. The molecule has 3 heteroatoms. The molecule has 3 nitrogen and oxygen atoms in total. The van der Waals surface area contributed by atoms with E-state index in [9.17, 15) is 0 Å². The average molecular weight is 164 g/mol. The largest absolute Gasteiger partial charge is 0.399 e. The molecule has 0 bridgehead atoms. The third kappa shape index (κ3) is 2.05. The van der Waals surface area contributed by atoms with Crippen molar-refractivity contribution >= 4 is 5.71 Å². The molecule has 0 fully saturated rings. The molecule has 0 aromatic carbocycles. The van der Waals surface area contributed by atoms with Gasteiger partial charge in [0.05, 0.1) is 5.71 Å². The van der Waals surface area contributed by atoms with Gasteiger partial charge in [-0.2, -0.15) is 0 Å². The molecule has 0 aliphatic rings. The van der Waals surface area contributed by atoms with Crippen LogP contribution in [0.4, 0.5) is 0 Å². The zero-order valence-corrected chi connectivity index (χ0v) is 7.53. The van der Waals surface area contributed by atoms with Gasteiger partial charge < -0.3 is 4.84 Å². The first kappa shape index (κ1) is 8.71. The third-order valence-corrected chi connectivity index (χ3v) is 1.52. The topological polar surface area (TPSA) is 34.5 Å². The number of hydrogen-bond donors (Lipinski definition) is 0. The lowest BCUT2D eigenvalue weighted by Crippen LogP contribution is -1.96. The molecule has 0 aliphatic carbocycles. The molecular weight excluding hydrogens is 152 g/mol. The maximum atomic E-state index is 4.66. The first-order chi connectivity index (χ1) is 5.74. The van der Waals surface area contributed by atoms with Crippen molar-refractivity contribution in [2.75, 3.05) is 7.11 Å². The summed E-state index contributed by atoms with van der Waals surface area (Å²) in [7, 11) is 1.53. The molecule has 0 saturated carbocycles. The number of hydrogen-bond acceptors (Lipinski definition) is 3. The van der Waals surface area contributed by atoms with Gasteiger partial charge in [-0.25, -0.2) is 0 Å². The number of aromatic nitrogens is 1. The number of oxime groups is 1. The van der Waals surface area contributed by atoms with Crippen LogP contribution in [0.15, 0.2) is 23.6 Å². The molecule has 0 N–H and O–H groups in total. The van der Waals surface area contributed by atoms with E-state index in [2.05, 4.69) is 15.0 Å². The summed E-state index contributed by atoms with van der Waals surface area (Å²) in [5.74, 6) is 0. The van der Waals surface area contributed by atoms with E-state index in [1.54, 1.807) is 6.20 Å². The Hall–Kier alpha value is -1.38. The van der Waals surface area contributed by atoms with Crippen LogP contribution in [-0.2, 0) is 4.84 Å². The van der Waals surface area contributed by atoms with E-state index in [-0.39, 0.29) is 0 Å². The second kappa shape index (κ2) is 3.85. The highest BCUT2D eigenvalue weighted by molar-refractivity contribution is 5.98. The van der Waals surface area contributed by atoms with Crippen molar-refractivity contribution in [1.29, 1.82) is 0 Å². The van der Waals surface area contributed by atoms with Crippen molar-refractivity contribution < 1.29 is 4.84 Å². The summed E-state index contributed by atoms with van der Waals surface area (Å²) in [6.07, 6.45) is 3.58. The smallest absolute Gasteiger partial charge is 0.106 e.